The number of carboxylic acids is 3. The van der Waals surface area contributed by atoms with E-state index in [1.165, 1.54) is 83.1 Å². The zero-order valence-electron chi connectivity index (χ0n) is 84.5. The molecule has 0 spiro atoms. The second-order valence-corrected chi connectivity index (χ2v) is 39.6. The fourth-order valence-electron chi connectivity index (χ4n) is 19.7. The highest BCUT2D eigenvalue weighted by Gasteiger charge is 2.66. The molecule has 51 heteroatoms. The normalized spacial score (nSPS) is 35.5. The molecule has 7 saturated heterocycles. The maximum absolute atomic E-state index is 14.7. The van der Waals surface area contributed by atoms with Gasteiger partial charge in [0, 0.05) is 58.8 Å². The molecular formula is C96H166N4O47. The Balaban J connectivity index is 1.24. The van der Waals surface area contributed by atoms with E-state index in [2.05, 4.69) is 35.1 Å². The SMILES string of the molecule is CCCCCCCCCCCCCC=C[C@@H](O)[C@H](CO[C@@H]1O[C@H](CO)[C@@H](O[C@@H]2O[C@H](CO)[C@H](O[C@@H]3O[C@H](CO)[C@H](O)[C@H](O[C@@H]4O[C@H](CO)[C@H](O)[C@H](O)[C@H]4O)[C@H]3CC(C)=O)[C@H](O[C@]3(C(=O)O)C[C@H](O)[C@@H](NC(C)=O)C([C@H](O)[C@@H](CO)O[C@]4(C(=O)O)C[C@H](O)[C@@H](NC(C)=O)C([C@H](O)[C@@H](CO)O[C@]5(C(=O)O)C[C@H](O)[C@@H](NC(C)=O)C([C@H](O)[C@H](O)CO)O5)O4)O3)[C@H]2O)[C@H](O)[C@H]1O)NC(=O)CCCCCCCCCCCCCCCCC. The molecule has 29 N–H and O–H groups in total. The molecule has 40 atom stereocenters. The number of amides is 4. The van der Waals surface area contributed by atoms with Gasteiger partial charge in [-0.3, -0.25) is 19.2 Å². The van der Waals surface area contributed by atoms with Crippen LogP contribution in [0.2, 0.25) is 0 Å². The first-order valence-corrected chi connectivity index (χ1v) is 51.6. The van der Waals surface area contributed by atoms with E-state index in [9.17, 15) is 166 Å². The largest absolute Gasteiger partial charge is 0.477 e. The first kappa shape index (κ1) is 128. The van der Waals surface area contributed by atoms with Gasteiger partial charge in [-0.1, -0.05) is 180 Å². The molecule has 0 aromatic carbocycles. The van der Waals surface area contributed by atoms with Gasteiger partial charge in [-0.15, -0.1) is 0 Å². The molecule has 147 heavy (non-hydrogen) atoms. The molecule has 51 nitrogen and oxygen atoms in total. The van der Waals surface area contributed by atoms with E-state index in [1.54, 1.807) is 6.08 Å². The van der Waals surface area contributed by atoms with Crippen molar-refractivity contribution in [1.29, 1.82) is 0 Å². The summed E-state index contributed by atoms with van der Waals surface area (Å²) < 4.78 is 84.4. The third-order valence-electron chi connectivity index (χ3n) is 27.9. The number of nitrogens with one attached hydrogen (secondary N) is 4. The van der Waals surface area contributed by atoms with Crippen molar-refractivity contribution < 1.29 is 232 Å². The molecule has 852 valence electrons. The van der Waals surface area contributed by atoms with Crippen LogP contribution in [-0.4, -0.2) is 465 Å². The van der Waals surface area contributed by atoms with Crippen LogP contribution in [0.25, 0.3) is 0 Å². The summed E-state index contributed by atoms with van der Waals surface area (Å²) >= 11 is 0. The summed E-state index contributed by atoms with van der Waals surface area (Å²) in [7, 11) is 0. The molecule has 7 aliphatic heterocycles. The van der Waals surface area contributed by atoms with Crippen LogP contribution in [0.15, 0.2) is 12.2 Å². The Labute approximate surface area is 853 Å². The van der Waals surface area contributed by atoms with E-state index < -0.39 is 369 Å². The lowest BCUT2D eigenvalue weighted by Crippen LogP contribution is -2.72. The maximum atomic E-state index is 14.7. The van der Waals surface area contributed by atoms with Gasteiger partial charge in [0.1, 0.15) is 146 Å². The van der Waals surface area contributed by atoms with Crippen molar-refractivity contribution in [3.63, 3.8) is 0 Å². The van der Waals surface area contributed by atoms with Gasteiger partial charge in [-0.05, 0) is 26.2 Å². The number of ether oxygens (including phenoxy) is 14. The molecule has 7 heterocycles. The summed E-state index contributed by atoms with van der Waals surface area (Å²) in [6.07, 6.45) is -47.1. The zero-order valence-corrected chi connectivity index (χ0v) is 84.5. The Morgan fingerprint density at radius 1 is 0.388 bits per heavy atom. The average Bonchev–Trinajstić information content (AvgIpc) is 0.740. The van der Waals surface area contributed by atoms with Gasteiger partial charge in [0.05, 0.1) is 108 Å². The Morgan fingerprint density at radius 2 is 0.755 bits per heavy atom. The highest BCUT2D eigenvalue weighted by Crippen LogP contribution is 2.46. The quantitative estimate of drug-likeness (QED) is 0.0199. The summed E-state index contributed by atoms with van der Waals surface area (Å²) in [5.74, 6) is -24.3. The number of aliphatic hydroxyl groups excluding tert-OH is 22. The van der Waals surface area contributed by atoms with Crippen LogP contribution in [0, 0.1) is 5.92 Å². The monoisotopic (exact) mass is 2130 g/mol. The lowest BCUT2D eigenvalue weighted by molar-refractivity contribution is -0.407. The number of allylic oxidation sites excluding steroid dienone is 1. The van der Waals surface area contributed by atoms with Crippen LogP contribution < -0.4 is 21.3 Å². The van der Waals surface area contributed by atoms with Crippen LogP contribution in [0.4, 0.5) is 0 Å². The summed E-state index contributed by atoms with van der Waals surface area (Å²) in [5.41, 5.74) is 0. The molecule has 3 unspecified atom stereocenters. The molecule has 0 aromatic rings. The number of ketones is 1. The van der Waals surface area contributed by atoms with Gasteiger partial charge in [0.2, 0.25) is 23.6 Å². The lowest BCUT2D eigenvalue weighted by Gasteiger charge is -2.53. The highest BCUT2D eigenvalue weighted by atomic mass is 16.8. The predicted molar refractivity (Wildman–Crippen MR) is 502 cm³/mol. The number of aliphatic carboxylic acids is 3. The van der Waals surface area contributed by atoms with Crippen LogP contribution >= 0.6 is 0 Å². The summed E-state index contributed by atoms with van der Waals surface area (Å²) in [5, 5.41) is 296. The molecule has 0 radical (unpaired) electrons. The van der Waals surface area contributed by atoms with Gasteiger partial charge >= 0.3 is 17.9 Å². The Bertz CT molecular complexity index is 3910. The number of carbonyl (C=O) groups is 8. The molecule has 0 aliphatic carbocycles. The topological polar surface area (TPSA) is 820 Å². The number of unbranched alkanes of at least 4 members (excludes halogenated alkanes) is 25. The van der Waals surface area contributed by atoms with Crippen molar-refractivity contribution in [2.24, 2.45) is 5.92 Å². The average molecular weight is 2130 g/mol. The van der Waals surface area contributed by atoms with E-state index in [-0.39, 0.29) is 6.42 Å². The molecule has 0 bridgehead atoms. The molecule has 7 fully saturated rings. The molecular weight excluding hydrogens is 1960 g/mol. The number of hydrogen-bond donors (Lipinski definition) is 29. The third-order valence-corrected chi connectivity index (χ3v) is 27.9. The molecule has 0 saturated carbocycles. The minimum Gasteiger partial charge on any atom is -0.477 e. The second-order valence-electron chi connectivity index (χ2n) is 39.6. The fraction of sp³-hybridized carbons (Fsp3) is 0.896. The summed E-state index contributed by atoms with van der Waals surface area (Å²) in [4.78, 5) is 108. The smallest absolute Gasteiger partial charge is 0.364 e. The van der Waals surface area contributed by atoms with E-state index in [1.807, 2.05) is 0 Å². The minimum absolute atomic E-state index is 0.0559. The van der Waals surface area contributed by atoms with Gasteiger partial charge in [0.25, 0.3) is 17.4 Å². The molecule has 7 aliphatic rings. The molecule has 7 rings (SSSR count). The highest BCUT2D eigenvalue weighted by molar-refractivity contribution is 5.79. The molecule has 4 amide bonds. The van der Waals surface area contributed by atoms with Crippen molar-refractivity contribution >= 4 is 47.3 Å². The second kappa shape index (κ2) is 63.3. The third kappa shape index (κ3) is 36.2. The van der Waals surface area contributed by atoms with Crippen LogP contribution in [0.3, 0.4) is 0 Å². The fourth-order valence-corrected chi connectivity index (χ4v) is 19.7. The first-order valence-electron chi connectivity index (χ1n) is 51.6. The van der Waals surface area contributed by atoms with E-state index in [0.29, 0.717) is 12.8 Å². The van der Waals surface area contributed by atoms with E-state index in [0.717, 1.165) is 111 Å². The van der Waals surface area contributed by atoms with E-state index >= 15 is 0 Å². The van der Waals surface area contributed by atoms with Crippen molar-refractivity contribution in [3.05, 3.63) is 12.2 Å². The Kier molecular flexibility index (Phi) is 55.2. The first-order chi connectivity index (χ1) is 69.9. The minimum atomic E-state index is -3.81. The standard InChI is InChI=1S/C96H166N4O47/c1-7-9-11-13-15-17-19-21-22-24-26-28-30-32-34-36-66(117)100-54(55(112)35-33-31-29-27-25-23-20-18-16-14-12-10-8-2)48-134-88-78(126)76(124)81(64(46-106)137-88)140-90-79(127)86(82(65(47-107)138-90)141-87-53(37-49(3)108)80(72(120)61(43-103)135-87)139-89-77(125)75(123)71(119)60(42-102)136-89)147-96(93(132)133)40-58(115)69(99-52(6)111)85(146-96)74(122)63(45-105)143-95(92(130)131)39-57(114)68(98-51(5)110)84(145-95)73(121)62(44-104)142-94(91(128)129)38-56(113)67(97-50(4)109)83(144-94)70(118)59(116)41-101/h33,35,53-65,67-90,101-107,112-116,118-127H,7-32,34,36-48H2,1-6H3,(H,97,109)(H,98,110)(H,99,111)(H,100,117)(H,128,129)(H,130,131)(H,132,133)/t53-,54+,55-,56+,57+,58+,59-,60-,61-,62-,63-,64-,65-,67-,68-,69-,70-,71+,72+,73-,74-,75+,76-,77-,78-,79-,80-,81-,82+,83?,84?,85?,86-,87+,88-,89+,90+,94-,95-,96+/m1/s1. The zero-order chi connectivity index (χ0) is 109. The summed E-state index contributed by atoms with van der Waals surface area (Å²) in [6, 6.07) is -7.45. The number of carboxylic acid groups (broad SMARTS) is 3. The van der Waals surface area contributed by atoms with Crippen LogP contribution in [0.1, 0.15) is 247 Å². The van der Waals surface area contributed by atoms with Crippen LogP contribution in [0.5, 0.6) is 0 Å². The molecule has 0 aromatic heterocycles. The van der Waals surface area contributed by atoms with E-state index in [4.69, 9.17) is 66.3 Å². The van der Waals surface area contributed by atoms with Gasteiger partial charge < -0.3 is 220 Å². The van der Waals surface area contributed by atoms with Crippen molar-refractivity contribution in [2.45, 2.75) is 485 Å². The van der Waals surface area contributed by atoms with Crippen molar-refractivity contribution in [1.82, 2.24) is 21.3 Å². The van der Waals surface area contributed by atoms with Gasteiger partial charge in [-0.25, -0.2) is 14.4 Å². The number of aliphatic hydroxyl groups is 22. The van der Waals surface area contributed by atoms with Gasteiger partial charge in [-0.2, -0.15) is 0 Å². The van der Waals surface area contributed by atoms with Gasteiger partial charge in [0.15, 0.2) is 25.2 Å². The Hall–Kier alpha value is -5.74. The predicted octanol–water partition coefficient (Wildman–Crippen LogP) is -5.60. The van der Waals surface area contributed by atoms with Crippen LogP contribution in [-0.2, 0) is 105 Å². The maximum Gasteiger partial charge on any atom is 0.364 e. The van der Waals surface area contributed by atoms with Crippen molar-refractivity contribution in [3.8, 4) is 0 Å². The number of hydrogen-bond acceptors (Lipinski definition) is 44. The Morgan fingerprint density at radius 3 is 1.18 bits per heavy atom. The summed E-state index contributed by atoms with van der Waals surface area (Å²) in [6.45, 7) is -2.17. The number of carbonyl (C=O) groups excluding carboxylic acids is 5. The van der Waals surface area contributed by atoms with Crippen molar-refractivity contribution in [2.75, 3.05) is 52.9 Å². The lowest BCUT2D eigenvalue weighted by atomic mass is 9.86. The number of rotatable bonds is 67. The number of Topliss-reactive ketones (excluding diaryl/α,β-unsaturated/α-hetero) is 1.